The molecule has 0 aromatic heterocycles. The summed E-state index contributed by atoms with van der Waals surface area (Å²) in [5.74, 6) is 1.07. The smallest absolute Gasteiger partial charge is 0.255 e. The van der Waals surface area contributed by atoms with Gasteiger partial charge in [0.1, 0.15) is 0 Å². The van der Waals surface area contributed by atoms with Gasteiger partial charge in [-0.15, -0.1) is 0 Å². The van der Waals surface area contributed by atoms with Crippen molar-refractivity contribution in [1.29, 1.82) is 0 Å². The number of carbonyl (C=O) groups is 1. The summed E-state index contributed by atoms with van der Waals surface area (Å²) < 4.78 is 0. The molecule has 1 amide bonds. The highest BCUT2D eigenvalue weighted by molar-refractivity contribution is 6.34. The number of likely N-dealkylation sites (tertiary alicyclic amines) is 1. The molecule has 0 aliphatic carbocycles. The van der Waals surface area contributed by atoms with Gasteiger partial charge in [0, 0.05) is 18.8 Å². The van der Waals surface area contributed by atoms with Crippen LogP contribution >= 0.6 is 11.6 Å². The molecule has 2 rings (SSSR count). The molecule has 0 bridgehead atoms. The molecule has 3 nitrogen and oxygen atoms in total. The fraction of sp³-hybridized carbons (Fsp3) is 0.500. The van der Waals surface area contributed by atoms with E-state index in [0.29, 0.717) is 28.1 Å². The van der Waals surface area contributed by atoms with Crippen LogP contribution in [0.3, 0.4) is 0 Å². The van der Waals surface area contributed by atoms with E-state index in [-0.39, 0.29) is 5.91 Å². The Morgan fingerprint density at radius 1 is 1.33 bits per heavy atom. The maximum absolute atomic E-state index is 12.4. The van der Waals surface area contributed by atoms with Crippen LogP contribution in [0, 0.1) is 11.8 Å². The molecule has 0 saturated carbocycles. The Hall–Kier alpha value is -1.22. The van der Waals surface area contributed by atoms with E-state index in [1.165, 1.54) is 6.42 Å². The summed E-state index contributed by atoms with van der Waals surface area (Å²) >= 11 is 6.08. The van der Waals surface area contributed by atoms with Crippen LogP contribution in [0.1, 0.15) is 30.6 Å². The lowest BCUT2D eigenvalue weighted by Crippen LogP contribution is -2.42. The first-order valence-electron chi connectivity index (χ1n) is 6.31. The summed E-state index contributed by atoms with van der Waals surface area (Å²) in [5.41, 5.74) is 6.80. The van der Waals surface area contributed by atoms with Gasteiger partial charge in [-0.1, -0.05) is 25.4 Å². The first kappa shape index (κ1) is 13.2. The van der Waals surface area contributed by atoms with Gasteiger partial charge in [-0.25, -0.2) is 0 Å². The van der Waals surface area contributed by atoms with Crippen molar-refractivity contribution in [3.8, 4) is 0 Å². The molecule has 0 spiro atoms. The molecule has 4 heteroatoms. The Kier molecular flexibility index (Phi) is 3.81. The Morgan fingerprint density at radius 3 is 2.56 bits per heavy atom. The number of carbonyl (C=O) groups excluding carboxylic acids is 1. The summed E-state index contributed by atoms with van der Waals surface area (Å²) in [6.45, 7) is 5.95. The lowest BCUT2D eigenvalue weighted by Gasteiger charge is -2.35. The van der Waals surface area contributed by atoms with Crippen LogP contribution in [0.4, 0.5) is 5.69 Å². The Labute approximate surface area is 113 Å². The fourth-order valence-electron chi connectivity index (χ4n) is 2.71. The second-order valence-electron chi connectivity index (χ2n) is 5.40. The molecular formula is C14H19ClN2O. The number of piperidine rings is 1. The van der Waals surface area contributed by atoms with E-state index >= 15 is 0 Å². The summed E-state index contributed by atoms with van der Waals surface area (Å²) in [5, 5.41) is 0.472. The summed E-state index contributed by atoms with van der Waals surface area (Å²) in [6.07, 6.45) is 1.18. The first-order chi connectivity index (χ1) is 8.47. The maximum atomic E-state index is 12.4. The molecule has 1 aromatic carbocycles. The SMILES string of the molecule is C[C@H]1C[C@H](C)CN(C(=O)c2cc(N)ccc2Cl)C1. The summed E-state index contributed by atoms with van der Waals surface area (Å²) in [6, 6.07) is 5.05. The minimum Gasteiger partial charge on any atom is -0.399 e. The zero-order chi connectivity index (χ0) is 13.3. The molecule has 1 aliphatic rings. The van der Waals surface area contributed by atoms with Gasteiger partial charge >= 0.3 is 0 Å². The number of rotatable bonds is 1. The molecule has 98 valence electrons. The van der Waals surface area contributed by atoms with Gasteiger partial charge in [0.05, 0.1) is 10.6 Å². The molecule has 1 saturated heterocycles. The Morgan fingerprint density at radius 2 is 1.94 bits per heavy atom. The van der Waals surface area contributed by atoms with E-state index in [1.54, 1.807) is 18.2 Å². The molecular weight excluding hydrogens is 248 g/mol. The highest BCUT2D eigenvalue weighted by Crippen LogP contribution is 2.25. The van der Waals surface area contributed by atoms with Crippen molar-refractivity contribution < 1.29 is 4.79 Å². The van der Waals surface area contributed by atoms with Crippen molar-refractivity contribution in [1.82, 2.24) is 4.90 Å². The van der Waals surface area contributed by atoms with Crippen molar-refractivity contribution in [3.05, 3.63) is 28.8 Å². The predicted octanol–water partition coefficient (Wildman–Crippen LogP) is 3.04. The number of amides is 1. The largest absolute Gasteiger partial charge is 0.399 e. The predicted molar refractivity (Wildman–Crippen MR) is 74.7 cm³/mol. The topological polar surface area (TPSA) is 46.3 Å². The van der Waals surface area contributed by atoms with Gasteiger partial charge in [-0.3, -0.25) is 4.79 Å². The van der Waals surface area contributed by atoms with Gasteiger partial charge < -0.3 is 10.6 Å². The van der Waals surface area contributed by atoms with Crippen LogP contribution in [0.5, 0.6) is 0 Å². The maximum Gasteiger partial charge on any atom is 0.255 e. The molecule has 1 fully saturated rings. The van der Waals surface area contributed by atoms with Crippen LogP contribution in [-0.4, -0.2) is 23.9 Å². The van der Waals surface area contributed by atoms with Crippen LogP contribution in [0.2, 0.25) is 5.02 Å². The second-order valence-corrected chi connectivity index (χ2v) is 5.80. The zero-order valence-electron chi connectivity index (χ0n) is 10.8. The standard InChI is InChI=1S/C14H19ClN2O/c1-9-5-10(2)8-17(7-9)14(18)12-6-11(16)3-4-13(12)15/h3-4,6,9-10H,5,7-8,16H2,1-2H3/t9-,10-/m0/s1. The van der Waals surface area contributed by atoms with Crippen molar-refractivity contribution in [2.75, 3.05) is 18.8 Å². The highest BCUT2D eigenvalue weighted by Gasteiger charge is 2.27. The van der Waals surface area contributed by atoms with E-state index in [1.807, 2.05) is 4.90 Å². The van der Waals surface area contributed by atoms with E-state index in [2.05, 4.69) is 13.8 Å². The molecule has 2 N–H and O–H groups in total. The molecule has 0 radical (unpaired) electrons. The van der Waals surface area contributed by atoms with Crippen LogP contribution in [0.15, 0.2) is 18.2 Å². The van der Waals surface area contributed by atoms with E-state index in [0.717, 1.165) is 13.1 Å². The molecule has 1 aliphatic heterocycles. The fourth-order valence-corrected chi connectivity index (χ4v) is 2.90. The summed E-state index contributed by atoms with van der Waals surface area (Å²) in [7, 11) is 0. The summed E-state index contributed by atoms with van der Waals surface area (Å²) in [4.78, 5) is 14.3. The highest BCUT2D eigenvalue weighted by atomic mass is 35.5. The quantitative estimate of drug-likeness (QED) is 0.794. The third-order valence-corrected chi connectivity index (χ3v) is 3.71. The molecule has 0 unspecified atom stereocenters. The molecule has 1 heterocycles. The Bertz CT molecular complexity index is 451. The third kappa shape index (κ3) is 2.78. The van der Waals surface area contributed by atoms with Crippen molar-refractivity contribution in [2.45, 2.75) is 20.3 Å². The minimum atomic E-state index is -0.00861. The van der Waals surface area contributed by atoms with Gasteiger partial charge in [0.15, 0.2) is 0 Å². The van der Waals surface area contributed by atoms with Gasteiger partial charge in [-0.2, -0.15) is 0 Å². The van der Waals surface area contributed by atoms with Crippen molar-refractivity contribution >= 4 is 23.2 Å². The molecule has 1 aromatic rings. The van der Waals surface area contributed by atoms with Crippen LogP contribution in [-0.2, 0) is 0 Å². The zero-order valence-corrected chi connectivity index (χ0v) is 11.6. The Balaban J connectivity index is 2.22. The van der Waals surface area contributed by atoms with E-state index < -0.39 is 0 Å². The van der Waals surface area contributed by atoms with Gasteiger partial charge in [0.2, 0.25) is 0 Å². The minimum absolute atomic E-state index is 0.00861. The molecule has 2 atom stereocenters. The van der Waals surface area contributed by atoms with Crippen LogP contribution in [0.25, 0.3) is 0 Å². The number of benzene rings is 1. The average molecular weight is 267 g/mol. The lowest BCUT2D eigenvalue weighted by atomic mass is 9.91. The van der Waals surface area contributed by atoms with Crippen LogP contribution < -0.4 is 5.73 Å². The number of halogens is 1. The number of anilines is 1. The van der Waals surface area contributed by atoms with E-state index in [4.69, 9.17) is 17.3 Å². The third-order valence-electron chi connectivity index (χ3n) is 3.38. The van der Waals surface area contributed by atoms with Gasteiger partial charge in [0.25, 0.3) is 5.91 Å². The van der Waals surface area contributed by atoms with E-state index in [9.17, 15) is 4.79 Å². The average Bonchev–Trinajstić information content (AvgIpc) is 2.30. The molecule has 18 heavy (non-hydrogen) atoms. The first-order valence-corrected chi connectivity index (χ1v) is 6.69. The number of hydrogen-bond acceptors (Lipinski definition) is 2. The van der Waals surface area contributed by atoms with Crippen molar-refractivity contribution in [3.63, 3.8) is 0 Å². The number of nitrogens with two attached hydrogens (primary N) is 1. The second kappa shape index (κ2) is 5.19. The van der Waals surface area contributed by atoms with Crippen molar-refractivity contribution in [2.24, 2.45) is 11.8 Å². The number of nitrogen functional groups attached to an aromatic ring is 1. The monoisotopic (exact) mass is 266 g/mol. The lowest BCUT2D eigenvalue weighted by molar-refractivity contribution is 0.0623. The normalized spacial score (nSPS) is 24.1. The number of nitrogens with zero attached hydrogens (tertiary/aromatic N) is 1. The van der Waals surface area contributed by atoms with Gasteiger partial charge in [-0.05, 0) is 36.5 Å². The number of hydrogen-bond donors (Lipinski definition) is 1.